The van der Waals surface area contributed by atoms with Crippen LogP contribution in [0.25, 0.3) is 0 Å². The van der Waals surface area contributed by atoms with Crippen LogP contribution in [-0.4, -0.2) is 16.4 Å². The van der Waals surface area contributed by atoms with Gasteiger partial charge in [0.1, 0.15) is 5.50 Å². The standard InChI is InChI=1S/C10H11N3O2S/c14-8-4-6(1-2-11-8)3-7-5-12-10(16)13-9(7)15/h1-2,4-5,10,12,16H,3H2,(H,11,14)(H,13,15). The smallest absolute Gasteiger partial charge is 0.251 e. The fourth-order valence-corrected chi connectivity index (χ4v) is 1.65. The molecule has 1 unspecified atom stereocenters. The van der Waals surface area contributed by atoms with Crippen LogP contribution < -0.4 is 16.2 Å². The van der Waals surface area contributed by atoms with Crippen molar-refractivity contribution in [3.05, 3.63) is 46.0 Å². The predicted molar refractivity (Wildman–Crippen MR) is 62.9 cm³/mol. The minimum absolute atomic E-state index is 0.168. The third-order valence-electron chi connectivity index (χ3n) is 2.21. The number of amides is 1. The van der Waals surface area contributed by atoms with E-state index in [1.54, 1.807) is 18.5 Å². The van der Waals surface area contributed by atoms with Gasteiger partial charge in [0.2, 0.25) is 5.56 Å². The van der Waals surface area contributed by atoms with Crippen LogP contribution in [0.5, 0.6) is 0 Å². The number of aromatic amines is 1. The highest BCUT2D eigenvalue weighted by Gasteiger charge is 2.17. The Hall–Kier alpha value is -1.69. The number of hydrogen-bond donors (Lipinski definition) is 4. The number of carbonyl (C=O) groups excluding carboxylic acids is 1. The maximum absolute atomic E-state index is 11.5. The molecule has 0 spiro atoms. The summed E-state index contributed by atoms with van der Waals surface area (Å²) in [5, 5.41) is 5.51. The number of carbonyl (C=O) groups is 1. The van der Waals surface area contributed by atoms with Crippen molar-refractivity contribution in [3.8, 4) is 0 Å². The second-order valence-electron chi connectivity index (χ2n) is 3.45. The number of H-pyrrole nitrogens is 1. The molecule has 2 rings (SSSR count). The molecule has 16 heavy (non-hydrogen) atoms. The fourth-order valence-electron chi connectivity index (χ4n) is 1.45. The fraction of sp³-hybridized carbons (Fsp3) is 0.200. The van der Waals surface area contributed by atoms with Crippen LogP contribution in [0.2, 0.25) is 0 Å². The number of nitrogens with one attached hydrogen (secondary N) is 3. The van der Waals surface area contributed by atoms with E-state index in [1.165, 1.54) is 6.07 Å². The molecule has 0 saturated carbocycles. The van der Waals surface area contributed by atoms with E-state index in [0.29, 0.717) is 12.0 Å². The Kier molecular flexibility index (Phi) is 3.00. The van der Waals surface area contributed by atoms with Gasteiger partial charge in [0.25, 0.3) is 5.91 Å². The second kappa shape index (κ2) is 4.44. The summed E-state index contributed by atoms with van der Waals surface area (Å²) in [6, 6.07) is 3.24. The summed E-state index contributed by atoms with van der Waals surface area (Å²) in [5.74, 6) is -0.168. The summed E-state index contributed by atoms with van der Waals surface area (Å²) in [5.41, 5.74) is 0.852. The molecule has 5 nitrogen and oxygen atoms in total. The zero-order valence-electron chi connectivity index (χ0n) is 8.36. The van der Waals surface area contributed by atoms with Crippen molar-refractivity contribution in [2.24, 2.45) is 0 Å². The van der Waals surface area contributed by atoms with Crippen molar-refractivity contribution in [3.63, 3.8) is 0 Å². The van der Waals surface area contributed by atoms with Gasteiger partial charge in [0.05, 0.1) is 0 Å². The molecule has 1 aliphatic heterocycles. The lowest BCUT2D eigenvalue weighted by atomic mass is 10.1. The minimum atomic E-state index is -0.351. The third kappa shape index (κ3) is 2.46. The van der Waals surface area contributed by atoms with E-state index in [9.17, 15) is 9.59 Å². The Morgan fingerprint density at radius 1 is 1.38 bits per heavy atom. The van der Waals surface area contributed by atoms with Crippen molar-refractivity contribution >= 4 is 18.5 Å². The highest BCUT2D eigenvalue weighted by molar-refractivity contribution is 7.80. The molecule has 3 N–H and O–H groups in total. The maximum atomic E-state index is 11.5. The summed E-state index contributed by atoms with van der Waals surface area (Å²) in [7, 11) is 0. The third-order valence-corrected chi connectivity index (χ3v) is 2.49. The molecule has 1 aromatic rings. The molecule has 1 aliphatic rings. The lowest BCUT2D eigenvalue weighted by Crippen LogP contribution is -2.44. The number of aromatic nitrogens is 1. The topological polar surface area (TPSA) is 74.0 Å². The number of thiol groups is 1. The van der Waals surface area contributed by atoms with Crippen LogP contribution in [0, 0.1) is 0 Å². The largest absolute Gasteiger partial charge is 0.363 e. The highest BCUT2D eigenvalue weighted by atomic mass is 32.1. The molecule has 0 bridgehead atoms. The van der Waals surface area contributed by atoms with Gasteiger partial charge in [-0.2, -0.15) is 0 Å². The van der Waals surface area contributed by atoms with Gasteiger partial charge in [-0.25, -0.2) is 0 Å². The molecule has 6 heteroatoms. The van der Waals surface area contributed by atoms with Crippen LogP contribution in [-0.2, 0) is 11.2 Å². The summed E-state index contributed by atoms with van der Waals surface area (Å²) >= 11 is 4.06. The Labute approximate surface area is 97.4 Å². The molecule has 2 heterocycles. The summed E-state index contributed by atoms with van der Waals surface area (Å²) in [6.45, 7) is 0. The van der Waals surface area contributed by atoms with Crippen molar-refractivity contribution in [1.82, 2.24) is 15.6 Å². The number of hydrogen-bond acceptors (Lipinski definition) is 4. The van der Waals surface area contributed by atoms with Crippen molar-refractivity contribution in [2.45, 2.75) is 11.9 Å². The van der Waals surface area contributed by atoms with Crippen LogP contribution in [0.3, 0.4) is 0 Å². The van der Waals surface area contributed by atoms with E-state index in [1.807, 2.05) is 0 Å². The first-order valence-electron chi connectivity index (χ1n) is 4.77. The summed E-state index contributed by atoms with van der Waals surface area (Å²) in [6.07, 6.45) is 3.61. The van der Waals surface area contributed by atoms with Gasteiger partial charge in [-0.05, 0) is 11.6 Å². The molecule has 0 aliphatic carbocycles. The first-order valence-corrected chi connectivity index (χ1v) is 5.28. The van der Waals surface area contributed by atoms with E-state index in [4.69, 9.17) is 0 Å². The molecule has 1 aromatic heterocycles. The van der Waals surface area contributed by atoms with E-state index in [-0.39, 0.29) is 17.0 Å². The predicted octanol–water partition coefficient (Wildman–Crippen LogP) is -0.266. The van der Waals surface area contributed by atoms with Gasteiger partial charge in [-0.15, -0.1) is 12.6 Å². The van der Waals surface area contributed by atoms with Gasteiger partial charge in [-0.1, -0.05) is 0 Å². The van der Waals surface area contributed by atoms with Crippen molar-refractivity contribution < 1.29 is 4.79 Å². The van der Waals surface area contributed by atoms with E-state index in [2.05, 4.69) is 28.2 Å². The normalized spacial score (nSPS) is 19.7. The molecule has 0 aromatic carbocycles. The Balaban J connectivity index is 2.16. The summed E-state index contributed by atoms with van der Waals surface area (Å²) < 4.78 is 0. The molecule has 1 atom stereocenters. The molecule has 84 valence electrons. The average Bonchev–Trinajstić information content (AvgIpc) is 2.22. The minimum Gasteiger partial charge on any atom is -0.363 e. The van der Waals surface area contributed by atoms with Crippen molar-refractivity contribution in [1.29, 1.82) is 0 Å². The van der Waals surface area contributed by atoms with Crippen LogP contribution >= 0.6 is 12.6 Å². The Bertz CT molecular complexity index is 495. The van der Waals surface area contributed by atoms with E-state index in [0.717, 1.165) is 5.56 Å². The number of pyridine rings is 1. The molecular formula is C10H11N3O2S. The first kappa shape index (κ1) is 10.8. The lowest BCUT2D eigenvalue weighted by Gasteiger charge is -2.20. The lowest BCUT2D eigenvalue weighted by molar-refractivity contribution is -0.118. The zero-order chi connectivity index (χ0) is 11.5. The number of rotatable bonds is 2. The van der Waals surface area contributed by atoms with Crippen LogP contribution in [0.15, 0.2) is 34.9 Å². The second-order valence-corrected chi connectivity index (χ2v) is 3.97. The Morgan fingerprint density at radius 2 is 2.19 bits per heavy atom. The maximum Gasteiger partial charge on any atom is 0.251 e. The molecule has 0 saturated heterocycles. The quantitative estimate of drug-likeness (QED) is 0.535. The zero-order valence-corrected chi connectivity index (χ0v) is 9.25. The van der Waals surface area contributed by atoms with Crippen LogP contribution in [0.4, 0.5) is 0 Å². The molecule has 0 fully saturated rings. The Morgan fingerprint density at radius 3 is 2.88 bits per heavy atom. The van der Waals surface area contributed by atoms with E-state index >= 15 is 0 Å². The van der Waals surface area contributed by atoms with Crippen LogP contribution in [0.1, 0.15) is 5.56 Å². The monoisotopic (exact) mass is 237 g/mol. The van der Waals surface area contributed by atoms with E-state index < -0.39 is 0 Å². The SMILES string of the molecule is O=C1NC(S)NC=C1Cc1cc[nH]c(=O)c1. The van der Waals surface area contributed by atoms with Gasteiger partial charge in [0, 0.05) is 30.5 Å². The van der Waals surface area contributed by atoms with Crippen molar-refractivity contribution in [2.75, 3.05) is 0 Å². The van der Waals surface area contributed by atoms with Gasteiger partial charge in [-0.3, -0.25) is 9.59 Å². The average molecular weight is 237 g/mol. The summed E-state index contributed by atoms with van der Waals surface area (Å²) in [4.78, 5) is 25.1. The first-order chi connectivity index (χ1) is 7.65. The molecular weight excluding hydrogens is 226 g/mol. The van der Waals surface area contributed by atoms with Gasteiger partial charge in [0.15, 0.2) is 0 Å². The van der Waals surface area contributed by atoms with Gasteiger partial charge < -0.3 is 15.6 Å². The van der Waals surface area contributed by atoms with Gasteiger partial charge >= 0.3 is 0 Å². The molecule has 0 radical (unpaired) electrons. The molecule has 1 amide bonds. The highest BCUT2D eigenvalue weighted by Crippen LogP contribution is 2.08.